The molecule has 0 aliphatic heterocycles. The molecule has 2 N–H and O–H groups in total. The van der Waals surface area contributed by atoms with Crippen LogP contribution in [0.2, 0.25) is 0 Å². The first-order valence-corrected chi connectivity index (χ1v) is 4.30. The predicted octanol–water partition coefficient (Wildman–Crippen LogP) is 1.75. The Morgan fingerprint density at radius 2 is 2.36 bits per heavy atom. The second kappa shape index (κ2) is 2.60. The Morgan fingerprint density at radius 3 is 3.18 bits per heavy atom. The van der Waals surface area contributed by atoms with Gasteiger partial charge in [0.25, 0.3) is 0 Å². The van der Waals surface area contributed by atoms with Crippen molar-refractivity contribution < 1.29 is 0 Å². The number of fused-ring (bicyclic) bond motifs is 1. The van der Waals surface area contributed by atoms with Crippen LogP contribution in [0.1, 0.15) is 5.56 Å². The molecule has 0 radical (unpaired) electrons. The van der Waals surface area contributed by atoms with Gasteiger partial charge in [-0.1, -0.05) is 6.07 Å². The number of rotatable bonds is 1. The van der Waals surface area contributed by atoms with Crippen molar-refractivity contribution in [2.75, 3.05) is 0 Å². The fraction of sp³-hybridized carbons (Fsp3) is 0.125. The minimum atomic E-state index is 0.591. The third-order valence-electron chi connectivity index (χ3n) is 1.63. The summed E-state index contributed by atoms with van der Waals surface area (Å²) in [6.07, 6.45) is 0. The molecular weight excluding hydrogens is 156 g/mol. The first-order valence-electron chi connectivity index (χ1n) is 3.42. The highest BCUT2D eigenvalue weighted by molar-refractivity contribution is 7.16. The largest absolute Gasteiger partial charge is 0.326 e. The lowest BCUT2D eigenvalue weighted by atomic mass is 10.2. The number of hydrogen-bond donors (Lipinski definition) is 1. The maximum Gasteiger partial charge on any atom is 0.0815 e. The molecule has 2 rings (SSSR count). The third-order valence-corrected chi connectivity index (χ3v) is 2.44. The summed E-state index contributed by atoms with van der Waals surface area (Å²) < 4.78 is 1.22. The summed E-state index contributed by atoms with van der Waals surface area (Å²) in [5.74, 6) is 0. The zero-order valence-corrected chi connectivity index (χ0v) is 6.77. The van der Waals surface area contributed by atoms with Crippen molar-refractivity contribution in [3.63, 3.8) is 0 Å². The maximum absolute atomic E-state index is 5.49. The van der Waals surface area contributed by atoms with E-state index in [0.717, 1.165) is 11.1 Å². The van der Waals surface area contributed by atoms with Crippen LogP contribution in [0.4, 0.5) is 0 Å². The standard InChI is InChI=1S/C8H8N2S/c9-4-6-1-2-8-7(3-6)10-5-11-8/h1-3,5H,4,9H2. The summed E-state index contributed by atoms with van der Waals surface area (Å²) in [6, 6.07) is 6.14. The lowest BCUT2D eigenvalue weighted by molar-refractivity contribution is 1.07. The summed E-state index contributed by atoms with van der Waals surface area (Å²) in [4.78, 5) is 4.19. The highest BCUT2D eigenvalue weighted by Crippen LogP contribution is 2.18. The van der Waals surface area contributed by atoms with Crippen LogP contribution >= 0.6 is 11.3 Å². The monoisotopic (exact) mass is 164 g/mol. The molecule has 2 aromatic rings. The SMILES string of the molecule is NCc1ccc2scnc2c1. The average Bonchev–Trinajstić information content (AvgIpc) is 2.50. The van der Waals surface area contributed by atoms with Crippen molar-refractivity contribution in [2.45, 2.75) is 6.54 Å². The van der Waals surface area contributed by atoms with E-state index in [4.69, 9.17) is 5.73 Å². The Kier molecular flexibility index (Phi) is 1.60. The lowest BCUT2D eigenvalue weighted by Crippen LogP contribution is -1.94. The van der Waals surface area contributed by atoms with Gasteiger partial charge in [-0.15, -0.1) is 11.3 Å². The molecule has 0 fully saturated rings. The molecular formula is C8H8N2S. The van der Waals surface area contributed by atoms with E-state index in [1.54, 1.807) is 11.3 Å². The van der Waals surface area contributed by atoms with E-state index in [2.05, 4.69) is 11.1 Å². The van der Waals surface area contributed by atoms with Crippen molar-refractivity contribution in [1.29, 1.82) is 0 Å². The number of nitrogens with zero attached hydrogens (tertiary/aromatic N) is 1. The molecule has 0 aliphatic carbocycles. The van der Waals surface area contributed by atoms with E-state index in [1.807, 2.05) is 17.6 Å². The van der Waals surface area contributed by atoms with Crippen molar-refractivity contribution in [1.82, 2.24) is 4.98 Å². The molecule has 0 spiro atoms. The number of nitrogens with two attached hydrogens (primary N) is 1. The number of aromatic nitrogens is 1. The Balaban J connectivity index is 2.67. The van der Waals surface area contributed by atoms with Crippen LogP contribution in [-0.4, -0.2) is 4.98 Å². The molecule has 3 heteroatoms. The quantitative estimate of drug-likeness (QED) is 0.697. The molecule has 0 amide bonds. The van der Waals surface area contributed by atoms with E-state index in [-0.39, 0.29) is 0 Å². The first-order chi connectivity index (χ1) is 5.40. The van der Waals surface area contributed by atoms with E-state index >= 15 is 0 Å². The Labute approximate surface area is 68.7 Å². The molecule has 1 aromatic carbocycles. The van der Waals surface area contributed by atoms with E-state index in [0.29, 0.717) is 6.54 Å². The van der Waals surface area contributed by atoms with Crippen LogP contribution in [0, 0.1) is 0 Å². The molecule has 0 saturated carbocycles. The Hall–Kier alpha value is -0.930. The Bertz CT molecular complexity index is 367. The van der Waals surface area contributed by atoms with Crippen LogP contribution in [-0.2, 0) is 6.54 Å². The van der Waals surface area contributed by atoms with Gasteiger partial charge in [-0.2, -0.15) is 0 Å². The van der Waals surface area contributed by atoms with E-state index in [9.17, 15) is 0 Å². The fourth-order valence-corrected chi connectivity index (χ4v) is 1.69. The molecule has 0 atom stereocenters. The number of thiazole rings is 1. The number of hydrogen-bond acceptors (Lipinski definition) is 3. The summed E-state index contributed by atoms with van der Waals surface area (Å²) in [7, 11) is 0. The molecule has 2 nitrogen and oxygen atoms in total. The van der Waals surface area contributed by atoms with Gasteiger partial charge in [0.15, 0.2) is 0 Å². The maximum atomic E-state index is 5.49. The van der Waals surface area contributed by atoms with Crippen molar-refractivity contribution in [2.24, 2.45) is 5.73 Å². The minimum absolute atomic E-state index is 0.591. The molecule has 0 bridgehead atoms. The van der Waals surface area contributed by atoms with Crippen LogP contribution in [0.15, 0.2) is 23.7 Å². The second-order valence-corrected chi connectivity index (χ2v) is 3.24. The highest BCUT2D eigenvalue weighted by Gasteiger charge is 1.95. The smallest absolute Gasteiger partial charge is 0.0815 e. The third kappa shape index (κ3) is 1.13. The van der Waals surface area contributed by atoms with Crippen molar-refractivity contribution >= 4 is 21.6 Å². The van der Waals surface area contributed by atoms with Gasteiger partial charge in [0, 0.05) is 6.54 Å². The van der Waals surface area contributed by atoms with E-state index in [1.165, 1.54) is 4.70 Å². The van der Waals surface area contributed by atoms with Crippen LogP contribution < -0.4 is 5.73 Å². The number of benzene rings is 1. The van der Waals surface area contributed by atoms with Gasteiger partial charge >= 0.3 is 0 Å². The summed E-state index contributed by atoms with van der Waals surface area (Å²) in [5.41, 5.74) is 9.53. The highest BCUT2D eigenvalue weighted by atomic mass is 32.1. The fourth-order valence-electron chi connectivity index (χ4n) is 1.03. The van der Waals surface area contributed by atoms with Crippen LogP contribution in [0.25, 0.3) is 10.2 Å². The van der Waals surface area contributed by atoms with Crippen molar-refractivity contribution in [3.05, 3.63) is 29.3 Å². The van der Waals surface area contributed by atoms with Gasteiger partial charge < -0.3 is 5.73 Å². The molecule has 1 aromatic heterocycles. The molecule has 0 saturated heterocycles. The second-order valence-electron chi connectivity index (χ2n) is 2.36. The summed E-state index contributed by atoms with van der Waals surface area (Å²) in [5, 5.41) is 0. The molecule has 11 heavy (non-hydrogen) atoms. The normalized spacial score (nSPS) is 10.6. The van der Waals surface area contributed by atoms with Crippen molar-refractivity contribution in [3.8, 4) is 0 Å². The molecule has 0 unspecified atom stereocenters. The lowest BCUT2D eigenvalue weighted by Gasteiger charge is -1.93. The van der Waals surface area contributed by atoms with Crippen LogP contribution in [0.5, 0.6) is 0 Å². The molecule has 0 aliphatic rings. The summed E-state index contributed by atoms with van der Waals surface area (Å²) in [6.45, 7) is 0.591. The van der Waals surface area contributed by atoms with Crippen LogP contribution in [0.3, 0.4) is 0 Å². The zero-order valence-electron chi connectivity index (χ0n) is 5.95. The molecule has 1 heterocycles. The predicted molar refractivity (Wildman–Crippen MR) is 47.5 cm³/mol. The van der Waals surface area contributed by atoms with Gasteiger partial charge in [0.2, 0.25) is 0 Å². The summed E-state index contributed by atoms with van der Waals surface area (Å²) >= 11 is 1.65. The topological polar surface area (TPSA) is 38.9 Å². The average molecular weight is 164 g/mol. The van der Waals surface area contributed by atoms with Gasteiger partial charge in [-0.3, -0.25) is 0 Å². The van der Waals surface area contributed by atoms with Gasteiger partial charge in [0.05, 0.1) is 15.7 Å². The first kappa shape index (κ1) is 6.76. The minimum Gasteiger partial charge on any atom is -0.326 e. The Morgan fingerprint density at radius 1 is 1.45 bits per heavy atom. The zero-order chi connectivity index (χ0) is 7.68. The van der Waals surface area contributed by atoms with Gasteiger partial charge in [0.1, 0.15) is 0 Å². The van der Waals surface area contributed by atoms with E-state index < -0.39 is 0 Å². The van der Waals surface area contributed by atoms with Gasteiger partial charge in [-0.05, 0) is 17.7 Å². The molecule has 56 valence electrons. The van der Waals surface area contributed by atoms with Gasteiger partial charge in [-0.25, -0.2) is 4.98 Å².